The molecule has 37 heavy (non-hydrogen) atoms. The zero-order valence-electron chi connectivity index (χ0n) is 20.6. The third-order valence-electron chi connectivity index (χ3n) is 6.54. The number of carbonyl (C=O) groups is 1. The summed E-state index contributed by atoms with van der Waals surface area (Å²) in [7, 11) is 0. The van der Waals surface area contributed by atoms with Gasteiger partial charge in [-0.3, -0.25) is 9.69 Å². The minimum absolute atomic E-state index is 0.0367. The molecule has 0 atom stereocenters. The number of carbonyl (C=O) groups excluding carboxylic acids is 1. The summed E-state index contributed by atoms with van der Waals surface area (Å²) in [6.45, 7) is 4.74. The zero-order chi connectivity index (χ0) is 25.2. The van der Waals surface area contributed by atoms with Crippen LogP contribution in [0.25, 0.3) is 20.8 Å². The van der Waals surface area contributed by atoms with Crippen molar-refractivity contribution in [1.82, 2.24) is 9.88 Å². The van der Waals surface area contributed by atoms with E-state index < -0.39 is 0 Å². The third kappa shape index (κ3) is 5.30. The second-order valence-electron chi connectivity index (χ2n) is 9.29. The van der Waals surface area contributed by atoms with Gasteiger partial charge in [0.2, 0.25) is 0 Å². The predicted molar refractivity (Wildman–Crippen MR) is 152 cm³/mol. The number of thiazole rings is 1. The van der Waals surface area contributed by atoms with Crippen molar-refractivity contribution in [3.63, 3.8) is 0 Å². The molecule has 0 unspecified atom stereocenters. The average molecular weight is 526 g/mol. The maximum absolute atomic E-state index is 13.0. The van der Waals surface area contributed by atoms with Gasteiger partial charge >= 0.3 is 0 Å². The Morgan fingerprint density at radius 2 is 1.78 bits per heavy atom. The van der Waals surface area contributed by atoms with Crippen LogP contribution in [-0.4, -0.2) is 28.9 Å². The molecular weight excluding hydrogens is 498 g/mol. The van der Waals surface area contributed by atoms with E-state index in [9.17, 15) is 4.79 Å². The van der Waals surface area contributed by atoms with Crippen molar-refractivity contribution in [2.75, 3.05) is 18.5 Å². The van der Waals surface area contributed by atoms with Crippen molar-refractivity contribution in [2.24, 2.45) is 0 Å². The number of nitrogens with zero attached hydrogens (tertiary/aromatic N) is 2. The molecule has 0 aliphatic carbocycles. The normalized spacial score (nSPS) is 13.4. The molecule has 0 saturated heterocycles. The number of benzene rings is 3. The Bertz CT molecular complexity index is 1510. The van der Waals surface area contributed by atoms with Gasteiger partial charge in [-0.1, -0.05) is 60.2 Å². The smallest absolute Gasteiger partial charge is 0.262 e. The van der Waals surface area contributed by atoms with Gasteiger partial charge in [-0.2, -0.15) is 0 Å². The fourth-order valence-corrected chi connectivity index (χ4v) is 7.09. The Kier molecular flexibility index (Phi) is 6.74. The number of hydrogen-bond donors (Lipinski definition) is 1. The van der Waals surface area contributed by atoms with E-state index in [2.05, 4.69) is 46.6 Å². The summed E-state index contributed by atoms with van der Waals surface area (Å²) in [5.41, 5.74) is 5.84. The molecule has 5 nitrogen and oxygen atoms in total. The van der Waals surface area contributed by atoms with Crippen molar-refractivity contribution in [2.45, 2.75) is 26.4 Å². The molecule has 2 aromatic heterocycles. The fraction of sp³-hybridized carbons (Fsp3) is 0.200. The zero-order valence-corrected chi connectivity index (χ0v) is 22.2. The summed E-state index contributed by atoms with van der Waals surface area (Å²) in [4.78, 5) is 21.7. The number of nitrogens with one attached hydrogen (secondary N) is 1. The number of aryl methyl sites for hydroxylation is 1. The van der Waals surface area contributed by atoms with Crippen molar-refractivity contribution in [1.29, 1.82) is 0 Å². The number of para-hydroxylation sites is 1. The van der Waals surface area contributed by atoms with E-state index >= 15 is 0 Å². The van der Waals surface area contributed by atoms with Crippen LogP contribution in [0.2, 0.25) is 0 Å². The summed E-state index contributed by atoms with van der Waals surface area (Å²) in [5, 5.41) is 4.99. The van der Waals surface area contributed by atoms with Crippen molar-refractivity contribution in [3.8, 4) is 16.3 Å². The molecule has 7 heteroatoms. The first-order valence-electron chi connectivity index (χ1n) is 12.4. The van der Waals surface area contributed by atoms with E-state index in [-0.39, 0.29) is 12.5 Å². The van der Waals surface area contributed by atoms with Crippen LogP contribution in [-0.2, 0) is 24.3 Å². The third-order valence-corrected chi connectivity index (χ3v) is 8.72. The molecule has 3 aromatic carbocycles. The van der Waals surface area contributed by atoms with Crippen LogP contribution in [0.1, 0.15) is 21.6 Å². The summed E-state index contributed by atoms with van der Waals surface area (Å²) in [5.74, 6) is 0.525. The Morgan fingerprint density at radius 1 is 1.00 bits per heavy atom. The standard InChI is InChI=1S/C30H27N3O2S2/c1-20-11-13-22(14-12-20)35-19-27(34)32-30-28(29-31-24-9-5-6-10-25(24)36-29)23-15-16-33(18-26(23)37-30)17-21-7-3-2-4-8-21/h2-14H,15-19H2,1H3,(H,32,34). The van der Waals surface area contributed by atoms with Gasteiger partial charge in [-0.05, 0) is 48.7 Å². The van der Waals surface area contributed by atoms with Crippen LogP contribution in [0, 0.1) is 6.92 Å². The van der Waals surface area contributed by atoms with Gasteiger partial charge in [-0.15, -0.1) is 22.7 Å². The maximum Gasteiger partial charge on any atom is 0.262 e. The number of amides is 1. The highest BCUT2D eigenvalue weighted by Crippen LogP contribution is 2.45. The minimum Gasteiger partial charge on any atom is -0.484 e. The Morgan fingerprint density at radius 3 is 2.59 bits per heavy atom. The monoisotopic (exact) mass is 525 g/mol. The lowest BCUT2D eigenvalue weighted by Gasteiger charge is -2.27. The number of ether oxygens (including phenoxy) is 1. The molecule has 0 bridgehead atoms. The number of hydrogen-bond acceptors (Lipinski definition) is 6. The molecule has 0 spiro atoms. The van der Waals surface area contributed by atoms with Gasteiger partial charge in [0.05, 0.1) is 10.2 Å². The highest BCUT2D eigenvalue weighted by atomic mass is 32.1. The average Bonchev–Trinajstić information content (AvgIpc) is 3.49. The summed E-state index contributed by atoms with van der Waals surface area (Å²) >= 11 is 3.35. The van der Waals surface area contributed by atoms with Gasteiger partial charge < -0.3 is 10.1 Å². The lowest BCUT2D eigenvalue weighted by atomic mass is 10.0. The molecule has 0 fully saturated rings. The SMILES string of the molecule is Cc1ccc(OCC(=O)Nc2sc3c(c2-c2nc4ccccc4s2)CCN(Cc2ccccc2)C3)cc1. The van der Waals surface area contributed by atoms with Gasteiger partial charge in [0.25, 0.3) is 5.91 Å². The number of thiophene rings is 1. The molecule has 186 valence electrons. The van der Waals surface area contributed by atoms with Gasteiger partial charge in [0.1, 0.15) is 15.8 Å². The Labute approximate surface area is 224 Å². The van der Waals surface area contributed by atoms with Crippen molar-refractivity contribution >= 4 is 43.8 Å². The number of anilines is 1. The molecule has 1 amide bonds. The number of rotatable bonds is 7. The summed E-state index contributed by atoms with van der Waals surface area (Å²) in [6.07, 6.45) is 0.930. The van der Waals surface area contributed by atoms with Crippen LogP contribution in [0.5, 0.6) is 5.75 Å². The van der Waals surface area contributed by atoms with Crippen molar-refractivity contribution in [3.05, 3.63) is 100 Å². The van der Waals surface area contributed by atoms with Gasteiger partial charge in [0.15, 0.2) is 6.61 Å². The lowest BCUT2D eigenvalue weighted by molar-refractivity contribution is -0.118. The molecule has 0 radical (unpaired) electrons. The molecule has 1 aliphatic heterocycles. The second kappa shape index (κ2) is 10.5. The first-order valence-corrected chi connectivity index (χ1v) is 14.0. The first-order chi connectivity index (χ1) is 18.1. The summed E-state index contributed by atoms with van der Waals surface area (Å²) in [6, 6.07) is 26.5. The van der Waals surface area contributed by atoms with E-state index in [4.69, 9.17) is 9.72 Å². The molecule has 1 N–H and O–H groups in total. The van der Waals surface area contributed by atoms with Crippen LogP contribution >= 0.6 is 22.7 Å². The van der Waals surface area contributed by atoms with Crippen LogP contribution < -0.4 is 10.1 Å². The van der Waals surface area contributed by atoms with E-state index in [0.717, 1.165) is 57.4 Å². The number of fused-ring (bicyclic) bond motifs is 2. The largest absolute Gasteiger partial charge is 0.484 e. The van der Waals surface area contributed by atoms with Gasteiger partial charge in [-0.25, -0.2) is 4.98 Å². The highest BCUT2D eigenvalue weighted by molar-refractivity contribution is 7.22. The quantitative estimate of drug-likeness (QED) is 0.251. The van der Waals surface area contributed by atoms with E-state index in [1.165, 1.54) is 16.0 Å². The van der Waals surface area contributed by atoms with Crippen molar-refractivity contribution < 1.29 is 9.53 Å². The molecule has 3 heterocycles. The minimum atomic E-state index is -0.164. The first kappa shape index (κ1) is 23.9. The molecule has 0 saturated carbocycles. The predicted octanol–water partition coefficient (Wildman–Crippen LogP) is 6.91. The lowest BCUT2D eigenvalue weighted by Crippen LogP contribution is -2.29. The molecule has 6 rings (SSSR count). The maximum atomic E-state index is 13.0. The summed E-state index contributed by atoms with van der Waals surface area (Å²) < 4.78 is 6.90. The molecule has 1 aliphatic rings. The van der Waals surface area contributed by atoms with Gasteiger partial charge in [0, 0.05) is 30.1 Å². The van der Waals surface area contributed by atoms with E-state index in [0.29, 0.717) is 5.75 Å². The molecule has 5 aromatic rings. The molecular formula is C30H27N3O2S2. The fourth-order valence-electron chi connectivity index (χ4n) is 4.67. The second-order valence-corrected chi connectivity index (χ2v) is 11.4. The van der Waals surface area contributed by atoms with E-state index in [1.54, 1.807) is 22.7 Å². The highest BCUT2D eigenvalue weighted by Gasteiger charge is 2.28. The van der Waals surface area contributed by atoms with Crippen LogP contribution in [0.3, 0.4) is 0 Å². The Hall–Kier alpha value is -3.52. The van der Waals surface area contributed by atoms with Crippen LogP contribution in [0.15, 0.2) is 78.9 Å². The van der Waals surface area contributed by atoms with Crippen LogP contribution in [0.4, 0.5) is 5.00 Å². The van der Waals surface area contributed by atoms with E-state index in [1.807, 2.05) is 49.4 Å². The number of aromatic nitrogens is 1. The Balaban J connectivity index is 1.27. The topological polar surface area (TPSA) is 54.5 Å².